The first-order valence-electron chi connectivity index (χ1n) is 7.83. The highest BCUT2D eigenvalue weighted by Crippen LogP contribution is 2.20. The van der Waals surface area contributed by atoms with Crippen molar-refractivity contribution in [3.05, 3.63) is 40.8 Å². The number of carbonyl (C=O) groups is 1. The first kappa shape index (κ1) is 18.3. The highest BCUT2D eigenvalue weighted by atomic mass is 35.5. The second-order valence-corrected chi connectivity index (χ2v) is 5.72. The van der Waals surface area contributed by atoms with Crippen LogP contribution in [0, 0.1) is 0 Å². The summed E-state index contributed by atoms with van der Waals surface area (Å²) in [6, 6.07) is 8.34. The standard InChI is InChI=1S/C17H20N2O4.ClH/c18-10-13-3-1-2-8-19(13)16(20)11-22-14-6-4-12-5-7-17(21)23-15(12)9-14;/h4-7,9,13H,1-3,8,10-11,18H2;1H. The Morgan fingerprint density at radius 1 is 1.29 bits per heavy atom. The number of nitrogens with two attached hydrogens (primary N) is 1. The number of benzene rings is 1. The van der Waals surface area contributed by atoms with E-state index in [4.69, 9.17) is 14.9 Å². The third kappa shape index (κ3) is 4.07. The fraction of sp³-hybridized carbons (Fsp3) is 0.412. The summed E-state index contributed by atoms with van der Waals surface area (Å²) in [5.41, 5.74) is 5.77. The van der Waals surface area contributed by atoms with Crippen LogP contribution in [0.15, 0.2) is 39.5 Å². The Bertz CT molecular complexity index is 762. The van der Waals surface area contributed by atoms with Crippen LogP contribution in [0.25, 0.3) is 11.0 Å². The van der Waals surface area contributed by atoms with Gasteiger partial charge in [0, 0.05) is 36.7 Å². The number of halogens is 1. The van der Waals surface area contributed by atoms with Crippen LogP contribution in [0.1, 0.15) is 19.3 Å². The summed E-state index contributed by atoms with van der Waals surface area (Å²) in [6.07, 6.45) is 3.06. The molecule has 3 rings (SSSR count). The summed E-state index contributed by atoms with van der Waals surface area (Å²) in [4.78, 5) is 25.4. The van der Waals surface area contributed by atoms with Crippen molar-refractivity contribution in [1.29, 1.82) is 0 Å². The van der Waals surface area contributed by atoms with Gasteiger partial charge in [0.25, 0.3) is 5.91 Å². The molecule has 0 aliphatic carbocycles. The maximum Gasteiger partial charge on any atom is 0.336 e. The van der Waals surface area contributed by atoms with Gasteiger partial charge in [-0.3, -0.25) is 4.79 Å². The number of carbonyl (C=O) groups excluding carboxylic acids is 1. The van der Waals surface area contributed by atoms with E-state index < -0.39 is 5.63 Å². The quantitative estimate of drug-likeness (QED) is 0.850. The lowest BCUT2D eigenvalue weighted by atomic mass is 10.0. The molecule has 1 aliphatic rings. The Labute approximate surface area is 146 Å². The van der Waals surface area contributed by atoms with Crippen LogP contribution in [0.2, 0.25) is 0 Å². The molecule has 2 N–H and O–H groups in total. The Morgan fingerprint density at radius 2 is 2.08 bits per heavy atom. The summed E-state index contributed by atoms with van der Waals surface area (Å²) >= 11 is 0. The molecular formula is C17H21ClN2O4. The number of amides is 1. The monoisotopic (exact) mass is 352 g/mol. The lowest BCUT2D eigenvalue weighted by molar-refractivity contribution is -0.136. The van der Waals surface area contributed by atoms with Crippen molar-refractivity contribution in [2.24, 2.45) is 5.73 Å². The van der Waals surface area contributed by atoms with Gasteiger partial charge in [-0.25, -0.2) is 4.79 Å². The predicted octanol–water partition coefficient (Wildman–Crippen LogP) is 1.93. The molecule has 7 heteroatoms. The van der Waals surface area contributed by atoms with E-state index in [-0.39, 0.29) is 31.0 Å². The molecule has 6 nitrogen and oxygen atoms in total. The van der Waals surface area contributed by atoms with Crippen molar-refractivity contribution in [1.82, 2.24) is 4.90 Å². The van der Waals surface area contributed by atoms with Gasteiger partial charge >= 0.3 is 5.63 Å². The molecule has 1 aliphatic heterocycles. The molecule has 1 aromatic carbocycles. The fourth-order valence-corrected chi connectivity index (χ4v) is 2.93. The number of rotatable bonds is 4. The van der Waals surface area contributed by atoms with Gasteiger partial charge in [-0.05, 0) is 37.5 Å². The van der Waals surface area contributed by atoms with Crippen LogP contribution in [0.3, 0.4) is 0 Å². The number of nitrogens with zero attached hydrogens (tertiary/aromatic N) is 1. The van der Waals surface area contributed by atoms with E-state index in [2.05, 4.69) is 0 Å². The van der Waals surface area contributed by atoms with Crippen LogP contribution in [0.5, 0.6) is 5.75 Å². The molecule has 1 amide bonds. The van der Waals surface area contributed by atoms with Gasteiger partial charge in [0.15, 0.2) is 6.61 Å². The van der Waals surface area contributed by atoms with Crippen LogP contribution in [-0.4, -0.2) is 36.5 Å². The van der Waals surface area contributed by atoms with Crippen molar-refractivity contribution in [2.75, 3.05) is 19.7 Å². The van der Waals surface area contributed by atoms with Gasteiger partial charge in [-0.1, -0.05) is 0 Å². The largest absolute Gasteiger partial charge is 0.484 e. The highest BCUT2D eigenvalue weighted by molar-refractivity contribution is 5.85. The fourth-order valence-electron chi connectivity index (χ4n) is 2.93. The number of ether oxygens (including phenoxy) is 1. The molecule has 2 aromatic rings. The number of likely N-dealkylation sites (tertiary alicyclic amines) is 1. The SMILES string of the molecule is Cl.NCC1CCCCN1C(=O)COc1ccc2ccc(=O)oc2c1. The van der Waals surface area contributed by atoms with Crippen LogP contribution >= 0.6 is 12.4 Å². The summed E-state index contributed by atoms with van der Waals surface area (Å²) in [7, 11) is 0. The second kappa shape index (κ2) is 8.17. The average Bonchev–Trinajstić information content (AvgIpc) is 2.59. The minimum absolute atomic E-state index is 0. The Kier molecular flexibility index (Phi) is 6.23. The van der Waals surface area contributed by atoms with E-state index in [1.165, 1.54) is 6.07 Å². The van der Waals surface area contributed by atoms with E-state index in [9.17, 15) is 9.59 Å². The molecule has 0 radical (unpaired) electrons. The van der Waals surface area contributed by atoms with Crippen LogP contribution < -0.4 is 16.1 Å². The van der Waals surface area contributed by atoms with Crippen molar-refractivity contribution < 1.29 is 13.9 Å². The minimum Gasteiger partial charge on any atom is -0.484 e. The maximum atomic E-state index is 12.3. The Morgan fingerprint density at radius 3 is 2.88 bits per heavy atom. The summed E-state index contributed by atoms with van der Waals surface area (Å²) in [5.74, 6) is 0.441. The Balaban J connectivity index is 0.00000208. The number of piperidine rings is 1. The van der Waals surface area contributed by atoms with Gasteiger partial charge in [-0.2, -0.15) is 0 Å². The molecule has 1 saturated heterocycles. The minimum atomic E-state index is -0.412. The summed E-state index contributed by atoms with van der Waals surface area (Å²) in [6.45, 7) is 1.17. The number of fused-ring (bicyclic) bond motifs is 1. The van der Waals surface area contributed by atoms with E-state index in [1.54, 1.807) is 24.3 Å². The van der Waals surface area contributed by atoms with Gasteiger partial charge in [0.1, 0.15) is 11.3 Å². The average molecular weight is 353 g/mol. The number of hydrogen-bond donors (Lipinski definition) is 1. The zero-order valence-electron chi connectivity index (χ0n) is 13.3. The molecule has 1 fully saturated rings. The van der Waals surface area contributed by atoms with Gasteiger partial charge in [-0.15, -0.1) is 12.4 Å². The van der Waals surface area contributed by atoms with E-state index in [0.717, 1.165) is 31.2 Å². The number of hydrogen-bond acceptors (Lipinski definition) is 5. The van der Waals surface area contributed by atoms with Gasteiger partial charge < -0.3 is 19.8 Å². The second-order valence-electron chi connectivity index (χ2n) is 5.72. The third-order valence-electron chi connectivity index (χ3n) is 4.18. The van der Waals surface area contributed by atoms with Crippen molar-refractivity contribution in [2.45, 2.75) is 25.3 Å². The van der Waals surface area contributed by atoms with Gasteiger partial charge in [0.2, 0.25) is 0 Å². The van der Waals surface area contributed by atoms with Crippen LogP contribution in [-0.2, 0) is 4.79 Å². The lowest BCUT2D eigenvalue weighted by Crippen LogP contribution is -2.49. The molecule has 0 spiro atoms. The van der Waals surface area contributed by atoms with E-state index in [1.807, 2.05) is 4.90 Å². The molecule has 24 heavy (non-hydrogen) atoms. The van der Waals surface area contributed by atoms with Gasteiger partial charge in [0.05, 0.1) is 0 Å². The molecular weight excluding hydrogens is 332 g/mol. The molecule has 1 atom stereocenters. The molecule has 1 unspecified atom stereocenters. The lowest BCUT2D eigenvalue weighted by Gasteiger charge is -2.34. The maximum absolute atomic E-state index is 12.3. The Hall–Kier alpha value is -2.05. The molecule has 2 heterocycles. The highest BCUT2D eigenvalue weighted by Gasteiger charge is 2.25. The first-order valence-corrected chi connectivity index (χ1v) is 7.83. The summed E-state index contributed by atoms with van der Waals surface area (Å²) < 4.78 is 10.7. The predicted molar refractivity (Wildman–Crippen MR) is 93.6 cm³/mol. The molecule has 0 saturated carbocycles. The normalized spacial score (nSPS) is 17.4. The van der Waals surface area contributed by atoms with Crippen molar-refractivity contribution >= 4 is 29.3 Å². The molecule has 0 bridgehead atoms. The van der Waals surface area contributed by atoms with Crippen molar-refractivity contribution in [3.63, 3.8) is 0 Å². The first-order chi connectivity index (χ1) is 11.2. The van der Waals surface area contributed by atoms with Crippen LogP contribution in [0.4, 0.5) is 0 Å². The smallest absolute Gasteiger partial charge is 0.336 e. The zero-order chi connectivity index (χ0) is 16.2. The molecule has 1 aromatic heterocycles. The van der Waals surface area contributed by atoms with Crippen molar-refractivity contribution in [3.8, 4) is 5.75 Å². The summed E-state index contributed by atoms with van der Waals surface area (Å²) in [5, 5.41) is 0.808. The van der Waals surface area contributed by atoms with E-state index in [0.29, 0.717) is 17.9 Å². The van der Waals surface area contributed by atoms with E-state index >= 15 is 0 Å². The molecule has 130 valence electrons. The zero-order valence-corrected chi connectivity index (χ0v) is 14.1. The topological polar surface area (TPSA) is 85.8 Å². The third-order valence-corrected chi connectivity index (χ3v) is 4.18.